The molecule has 0 amide bonds. The summed E-state index contributed by atoms with van der Waals surface area (Å²) in [5.74, 6) is 0.202. The third kappa shape index (κ3) is 2.85. The predicted octanol–water partition coefficient (Wildman–Crippen LogP) is 4.40. The van der Waals surface area contributed by atoms with Crippen molar-refractivity contribution in [2.45, 2.75) is 58.9 Å². The number of Topliss-reactive ketones (excluding diaryl/α,β-unsaturated/α-hetero) is 1. The van der Waals surface area contributed by atoms with E-state index in [9.17, 15) is 9.90 Å². The first-order chi connectivity index (χ1) is 10.7. The summed E-state index contributed by atoms with van der Waals surface area (Å²) in [6.45, 7) is 8.28. The number of hydrogen-bond acceptors (Lipinski definition) is 3. The molecule has 1 aliphatic carbocycles. The van der Waals surface area contributed by atoms with E-state index in [0.29, 0.717) is 24.1 Å². The number of nitrogens with zero attached hydrogens (tertiary/aromatic N) is 1. The summed E-state index contributed by atoms with van der Waals surface area (Å²) in [7, 11) is 0. The van der Waals surface area contributed by atoms with Crippen LogP contribution in [0.3, 0.4) is 0 Å². The van der Waals surface area contributed by atoms with Crippen LogP contribution >= 0.6 is 0 Å². The van der Waals surface area contributed by atoms with Gasteiger partial charge in [0, 0.05) is 18.4 Å². The maximum absolute atomic E-state index is 12.7. The van der Waals surface area contributed by atoms with E-state index in [1.54, 1.807) is 0 Å². The molecule has 0 aromatic heterocycles. The van der Waals surface area contributed by atoms with Crippen molar-refractivity contribution in [3.05, 3.63) is 46.7 Å². The fraction of sp³-hybridized carbons (Fsp3) is 0.500. The molecule has 23 heavy (non-hydrogen) atoms. The van der Waals surface area contributed by atoms with Gasteiger partial charge >= 0.3 is 0 Å². The Morgan fingerprint density at radius 2 is 1.83 bits per heavy atom. The van der Waals surface area contributed by atoms with Gasteiger partial charge in [0.2, 0.25) is 0 Å². The molecule has 0 saturated carbocycles. The molecule has 0 bridgehead atoms. The van der Waals surface area contributed by atoms with Gasteiger partial charge in [-0.3, -0.25) is 9.79 Å². The highest BCUT2D eigenvalue weighted by atomic mass is 16.3. The number of rotatable bonds is 2. The maximum atomic E-state index is 12.7. The Kier molecular flexibility index (Phi) is 3.70. The van der Waals surface area contributed by atoms with E-state index in [4.69, 9.17) is 4.99 Å². The van der Waals surface area contributed by atoms with Gasteiger partial charge in [0.15, 0.2) is 5.78 Å². The highest BCUT2D eigenvalue weighted by Crippen LogP contribution is 2.39. The highest BCUT2D eigenvalue weighted by Gasteiger charge is 2.38. The smallest absolute Gasteiger partial charge is 0.168 e. The van der Waals surface area contributed by atoms with E-state index >= 15 is 0 Å². The molecule has 0 spiro atoms. The van der Waals surface area contributed by atoms with Crippen molar-refractivity contribution < 1.29 is 9.90 Å². The van der Waals surface area contributed by atoms with Crippen LogP contribution < -0.4 is 0 Å². The molecular weight excluding hydrogens is 286 g/mol. The van der Waals surface area contributed by atoms with E-state index in [1.807, 2.05) is 32.0 Å². The molecule has 0 unspecified atom stereocenters. The van der Waals surface area contributed by atoms with Gasteiger partial charge in [-0.05, 0) is 30.7 Å². The molecule has 1 aromatic rings. The summed E-state index contributed by atoms with van der Waals surface area (Å²) in [5.41, 5.74) is 2.93. The number of aliphatic hydroxyl groups is 1. The maximum Gasteiger partial charge on any atom is 0.168 e. The van der Waals surface area contributed by atoms with Crippen LogP contribution in [0.15, 0.2) is 40.6 Å². The summed E-state index contributed by atoms with van der Waals surface area (Å²) in [5, 5.41) is 10.6. The quantitative estimate of drug-likeness (QED) is 0.880. The zero-order valence-electron chi connectivity index (χ0n) is 14.4. The van der Waals surface area contributed by atoms with Gasteiger partial charge in [0.1, 0.15) is 5.76 Å². The van der Waals surface area contributed by atoms with E-state index in [0.717, 1.165) is 18.4 Å². The lowest BCUT2D eigenvalue weighted by Gasteiger charge is -2.35. The van der Waals surface area contributed by atoms with Crippen LogP contribution in [0.25, 0.3) is 0 Å². The van der Waals surface area contributed by atoms with Crippen LogP contribution in [0, 0.1) is 5.41 Å². The third-order valence-corrected chi connectivity index (χ3v) is 5.08. The Bertz CT molecular complexity index is 727. The lowest BCUT2D eigenvalue weighted by atomic mass is 9.73. The number of aliphatic hydroxyl groups excluding tert-OH is 1. The number of aliphatic imine (C=N–C) groups is 1. The minimum atomic E-state index is -0.218. The number of ketones is 1. The average molecular weight is 311 g/mol. The Labute approximate surface area is 138 Å². The number of carbonyl (C=O) groups is 1. The van der Waals surface area contributed by atoms with Crippen molar-refractivity contribution in [2.75, 3.05) is 0 Å². The van der Waals surface area contributed by atoms with Gasteiger partial charge in [-0.25, -0.2) is 0 Å². The van der Waals surface area contributed by atoms with Crippen LogP contribution in [0.5, 0.6) is 0 Å². The standard InChI is InChI=1S/C20H25NO2/c1-5-20(4)10-13-8-6-7-9-14(13)18(21-20)17-15(22)11-19(2,3)12-16(17)23/h6-9,22H,5,10-12H2,1-4H3/t20-/m0/s1. The van der Waals surface area contributed by atoms with Crippen molar-refractivity contribution in [1.29, 1.82) is 0 Å². The van der Waals surface area contributed by atoms with Gasteiger partial charge < -0.3 is 5.11 Å². The molecule has 2 aliphatic rings. The molecule has 3 nitrogen and oxygen atoms in total. The van der Waals surface area contributed by atoms with Crippen LogP contribution in [0.2, 0.25) is 0 Å². The number of allylic oxidation sites excluding steroid dienone is 2. The molecule has 1 atom stereocenters. The lowest BCUT2D eigenvalue weighted by Crippen LogP contribution is -2.36. The fourth-order valence-electron chi connectivity index (χ4n) is 3.64. The lowest BCUT2D eigenvalue weighted by molar-refractivity contribution is -0.117. The van der Waals surface area contributed by atoms with Crippen LogP contribution in [0.4, 0.5) is 0 Å². The first-order valence-electron chi connectivity index (χ1n) is 8.38. The van der Waals surface area contributed by atoms with Crippen LogP contribution in [-0.2, 0) is 11.2 Å². The van der Waals surface area contributed by atoms with Gasteiger partial charge in [0.25, 0.3) is 0 Å². The molecular formula is C20H25NO2. The Morgan fingerprint density at radius 3 is 2.48 bits per heavy atom. The summed E-state index contributed by atoms with van der Waals surface area (Å²) >= 11 is 0. The van der Waals surface area contributed by atoms with E-state index < -0.39 is 0 Å². The van der Waals surface area contributed by atoms with Crippen LogP contribution in [0.1, 0.15) is 58.1 Å². The second-order valence-electron chi connectivity index (χ2n) is 7.91. The second-order valence-corrected chi connectivity index (χ2v) is 7.91. The topological polar surface area (TPSA) is 49.7 Å². The average Bonchev–Trinajstić information content (AvgIpc) is 2.45. The van der Waals surface area contributed by atoms with Crippen molar-refractivity contribution in [1.82, 2.24) is 0 Å². The Balaban J connectivity index is 2.18. The largest absolute Gasteiger partial charge is 0.511 e. The molecule has 122 valence electrons. The van der Waals surface area contributed by atoms with Crippen molar-refractivity contribution in [3.8, 4) is 0 Å². The normalized spacial score (nSPS) is 26.8. The van der Waals surface area contributed by atoms with E-state index in [1.165, 1.54) is 5.56 Å². The van der Waals surface area contributed by atoms with Crippen molar-refractivity contribution >= 4 is 11.5 Å². The SMILES string of the molecule is CC[C@@]1(C)Cc2ccccc2C(C2=C(O)CC(C)(C)CC2=O)=N1. The molecule has 0 radical (unpaired) electrons. The van der Waals surface area contributed by atoms with Gasteiger partial charge in [-0.15, -0.1) is 0 Å². The van der Waals surface area contributed by atoms with Gasteiger partial charge in [0.05, 0.1) is 16.8 Å². The van der Waals surface area contributed by atoms with Crippen molar-refractivity contribution in [2.24, 2.45) is 10.4 Å². The number of fused-ring (bicyclic) bond motifs is 1. The molecule has 0 fully saturated rings. The molecule has 3 rings (SSSR count). The Hall–Kier alpha value is -1.90. The first-order valence-corrected chi connectivity index (χ1v) is 8.38. The fourth-order valence-corrected chi connectivity index (χ4v) is 3.64. The summed E-state index contributed by atoms with van der Waals surface area (Å²) in [4.78, 5) is 17.7. The summed E-state index contributed by atoms with van der Waals surface area (Å²) in [6, 6.07) is 8.11. The van der Waals surface area contributed by atoms with E-state index in [-0.39, 0.29) is 22.5 Å². The molecule has 0 saturated heterocycles. The molecule has 1 aliphatic heterocycles. The van der Waals surface area contributed by atoms with Gasteiger partial charge in [-0.2, -0.15) is 0 Å². The zero-order valence-corrected chi connectivity index (χ0v) is 14.4. The molecule has 1 N–H and O–H groups in total. The monoisotopic (exact) mass is 311 g/mol. The summed E-state index contributed by atoms with van der Waals surface area (Å²) in [6.07, 6.45) is 2.75. The van der Waals surface area contributed by atoms with Crippen LogP contribution in [-0.4, -0.2) is 22.1 Å². The summed E-state index contributed by atoms with van der Waals surface area (Å²) < 4.78 is 0. The molecule has 3 heteroatoms. The highest BCUT2D eigenvalue weighted by molar-refractivity contribution is 6.30. The number of benzene rings is 1. The first kappa shape index (κ1) is 16.0. The second kappa shape index (κ2) is 5.33. The molecule has 1 aromatic carbocycles. The van der Waals surface area contributed by atoms with E-state index in [2.05, 4.69) is 19.9 Å². The zero-order chi connectivity index (χ0) is 16.8. The number of hydrogen-bond donors (Lipinski definition) is 1. The van der Waals surface area contributed by atoms with Gasteiger partial charge in [-0.1, -0.05) is 45.0 Å². The minimum absolute atomic E-state index is 0.00709. The predicted molar refractivity (Wildman–Crippen MR) is 93.1 cm³/mol. The Morgan fingerprint density at radius 1 is 1.13 bits per heavy atom. The third-order valence-electron chi connectivity index (χ3n) is 5.08. The minimum Gasteiger partial charge on any atom is -0.511 e. The van der Waals surface area contributed by atoms with Crippen molar-refractivity contribution in [3.63, 3.8) is 0 Å². The molecule has 1 heterocycles. The number of carbonyl (C=O) groups excluding carboxylic acids is 1.